The Morgan fingerprint density at radius 2 is 2.05 bits per heavy atom. The highest BCUT2D eigenvalue weighted by Crippen LogP contribution is 2.39. The highest BCUT2D eigenvalue weighted by atomic mass is 35.5. The Balaban J connectivity index is 1.45. The van der Waals surface area contributed by atoms with E-state index < -0.39 is 11.8 Å². The largest absolute Gasteiger partial charge is 0.381 e. The molecule has 0 amide bonds. The van der Waals surface area contributed by atoms with E-state index in [1.54, 1.807) is 29.1 Å². The molecule has 3 heterocycles. The van der Waals surface area contributed by atoms with Gasteiger partial charge in [-0.1, -0.05) is 42.8 Å². The number of rotatable bonds is 7. The molecule has 0 bridgehead atoms. The number of nitrogens with zero attached hydrogens (tertiary/aromatic N) is 5. The van der Waals surface area contributed by atoms with Crippen molar-refractivity contribution in [2.45, 2.75) is 51.2 Å². The summed E-state index contributed by atoms with van der Waals surface area (Å²) in [4.78, 5) is 4.47. The Morgan fingerprint density at radius 3 is 2.77 bits per heavy atom. The summed E-state index contributed by atoms with van der Waals surface area (Å²) in [6, 6.07) is 10.3. The van der Waals surface area contributed by atoms with Crippen LogP contribution < -0.4 is 10.6 Å². The lowest BCUT2D eigenvalue weighted by molar-refractivity contribution is 0.00350. The third-order valence-corrected chi connectivity index (χ3v) is 7.71. The van der Waals surface area contributed by atoms with Crippen LogP contribution in [-0.4, -0.2) is 39.2 Å². The Hall–Kier alpha value is -3.74. The van der Waals surface area contributed by atoms with Crippen molar-refractivity contribution in [3.63, 3.8) is 0 Å². The van der Waals surface area contributed by atoms with Gasteiger partial charge in [-0.15, -0.1) is 5.10 Å². The maximum absolute atomic E-state index is 13.8. The van der Waals surface area contributed by atoms with Crippen LogP contribution in [0.1, 0.15) is 63.4 Å². The molecule has 1 saturated heterocycles. The predicted octanol–water partition coefficient (Wildman–Crippen LogP) is 6.25. The molecule has 0 radical (unpaired) electrons. The molecular weight excluding hydrogens is 517 g/mol. The van der Waals surface area contributed by atoms with E-state index in [9.17, 15) is 11.0 Å². The van der Waals surface area contributed by atoms with Crippen LogP contribution in [0.2, 0.25) is 5.02 Å². The van der Waals surface area contributed by atoms with Gasteiger partial charge in [-0.25, -0.2) is 9.07 Å². The van der Waals surface area contributed by atoms with Crippen LogP contribution in [-0.2, 0) is 4.74 Å². The van der Waals surface area contributed by atoms with Gasteiger partial charge in [0, 0.05) is 35.3 Å². The summed E-state index contributed by atoms with van der Waals surface area (Å²) in [5, 5.41) is 26.4. The maximum atomic E-state index is 13.8. The molecule has 6 rings (SSSR count). The third-order valence-electron chi connectivity index (χ3n) is 7.42. The number of nitriles is 1. The fourth-order valence-electron chi connectivity index (χ4n) is 5.00. The molecule has 2 N–H and O–H groups in total. The van der Waals surface area contributed by atoms with Crippen LogP contribution in [0, 0.1) is 22.6 Å². The molecule has 8 nitrogen and oxygen atoms in total. The quantitative estimate of drug-likeness (QED) is 0.282. The maximum Gasteiger partial charge on any atom is 0.123 e. The molecule has 200 valence electrons. The van der Waals surface area contributed by atoms with Crippen molar-refractivity contribution >= 4 is 33.9 Å². The van der Waals surface area contributed by atoms with Crippen molar-refractivity contribution in [1.82, 2.24) is 20.0 Å². The van der Waals surface area contributed by atoms with Crippen LogP contribution in [0.5, 0.6) is 0 Å². The summed E-state index contributed by atoms with van der Waals surface area (Å²) < 4.78 is 30.9. The average Bonchev–Trinajstić information content (AvgIpc) is 3.65. The fraction of sp³-hybridized carbons (Fsp3) is 0.379. The minimum absolute atomic E-state index is 0.0567. The zero-order chi connectivity index (χ0) is 28.1. The van der Waals surface area contributed by atoms with Crippen molar-refractivity contribution < 1.29 is 10.5 Å². The summed E-state index contributed by atoms with van der Waals surface area (Å²) in [5.74, 6) is -0.400. The number of hydrogen-bond donors (Lipinski definition) is 2. The van der Waals surface area contributed by atoms with E-state index in [1.165, 1.54) is 18.3 Å². The molecule has 2 aromatic carbocycles. The van der Waals surface area contributed by atoms with Crippen molar-refractivity contribution in [3.8, 4) is 6.07 Å². The number of fused-ring (bicyclic) bond motifs is 1. The Bertz CT molecular complexity index is 1620. The Morgan fingerprint density at radius 1 is 1.26 bits per heavy atom. The minimum atomic E-state index is -1.60. The lowest BCUT2D eigenvalue weighted by Crippen LogP contribution is -2.44. The van der Waals surface area contributed by atoms with Gasteiger partial charge >= 0.3 is 0 Å². The van der Waals surface area contributed by atoms with Gasteiger partial charge in [0.25, 0.3) is 0 Å². The van der Waals surface area contributed by atoms with E-state index in [2.05, 4.69) is 45.8 Å². The molecule has 2 aromatic heterocycles. The molecule has 0 spiro atoms. The van der Waals surface area contributed by atoms with Crippen LogP contribution in [0.15, 0.2) is 48.8 Å². The zero-order valence-corrected chi connectivity index (χ0v) is 22.5. The molecule has 2 atom stereocenters. The minimum Gasteiger partial charge on any atom is -0.381 e. The van der Waals surface area contributed by atoms with Gasteiger partial charge in [0.1, 0.15) is 17.6 Å². The van der Waals surface area contributed by atoms with Crippen LogP contribution in [0.3, 0.4) is 0 Å². The first-order valence-electron chi connectivity index (χ1n) is 13.5. The number of aromatic nitrogens is 4. The molecule has 10 heteroatoms. The Kier molecular flexibility index (Phi) is 6.30. The first-order chi connectivity index (χ1) is 19.2. The Labute approximate surface area is 232 Å². The van der Waals surface area contributed by atoms with Gasteiger partial charge in [0.05, 0.1) is 48.0 Å². The van der Waals surface area contributed by atoms with E-state index in [1.807, 2.05) is 6.07 Å². The molecule has 1 unspecified atom stereocenters. The topological polar surface area (TPSA) is 101 Å². The van der Waals surface area contributed by atoms with Gasteiger partial charge in [0.15, 0.2) is 0 Å². The number of ether oxygens (including phenoxy) is 1. The summed E-state index contributed by atoms with van der Waals surface area (Å²) in [5.41, 5.74) is 2.78. The van der Waals surface area contributed by atoms with Crippen LogP contribution in [0.4, 0.5) is 15.8 Å². The van der Waals surface area contributed by atoms with Crippen molar-refractivity contribution in [2.24, 2.45) is 5.41 Å². The zero-order valence-electron chi connectivity index (χ0n) is 22.7. The lowest BCUT2D eigenvalue weighted by Gasteiger charge is -2.39. The van der Waals surface area contributed by atoms with Crippen LogP contribution >= 0.6 is 11.6 Å². The summed E-state index contributed by atoms with van der Waals surface area (Å²) in [6.07, 6.45) is 6.11. The number of nitrogens with one attached hydrogen (secondary N) is 2. The molecule has 1 saturated carbocycles. The number of anilines is 2. The number of halogens is 2. The second-order valence-electron chi connectivity index (χ2n) is 10.9. The predicted molar refractivity (Wildman–Crippen MR) is 148 cm³/mol. The third kappa shape index (κ3) is 5.14. The summed E-state index contributed by atoms with van der Waals surface area (Å²) >= 11 is 6.75. The molecule has 4 aromatic rings. The van der Waals surface area contributed by atoms with Gasteiger partial charge in [-0.3, -0.25) is 4.98 Å². The van der Waals surface area contributed by atoms with E-state index in [0.717, 1.165) is 19.3 Å². The van der Waals surface area contributed by atoms with Gasteiger partial charge in [-0.05, 0) is 49.1 Å². The summed E-state index contributed by atoms with van der Waals surface area (Å²) in [6.45, 7) is 5.49. The second-order valence-corrected chi connectivity index (χ2v) is 11.3. The number of pyridine rings is 1. The fourth-order valence-corrected chi connectivity index (χ4v) is 5.26. The second kappa shape index (κ2) is 10.1. The monoisotopic (exact) mass is 546 g/mol. The molecular formula is C29H29ClFN7O. The smallest absolute Gasteiger partial charge is 0.123 e. The number of hydrogen-bond acceptors (Lipinski definition) is 7. The van der Waals surface area contributed by atoms with E-state index in [-0.39, 0.29) is 17.5 Å². The molecule has 2 aliphatic rings. The molecule has 2 fully saturated rings. The summed E-state index contributed by atoms with van der Waals surface area (Å²) in [7, 11) is 0. The highest BCUT2D eigenvalue weighted by molar-refractivity contribution is 6.35. The lowest BCUT2D eigenvalue weighted by atomic mass is 9.81. The van der Waals surface area contributed by atoms with Gasteiger partial charge < -0.3 is 15.4 Å². The van der Waals surface area contributed by atoms with E-state index in [0.29, 0.717) is 57.3 Å². The molecule has 1 aliphatic heterocycles. The first-order valence-corrected chi connectivity index (χ1v) is 13.4. The van der Waals surface area contributed by atoms with Crippen molar-refractivity contribution in [2.75, 3.05) is 23.8 Å². The normalized spacial score (nSPS) is 20.6. The van der Waals surface area contributed by atoms with Crippen LogP contribution in [0.25, 0.3) is 10.9 Å². The molecule has 39 heavy (non-hydrogen) atoms. The van der Waals surface area contributed by atoms with Crippen molar-refractivity contribution in [1.29, 1.82) is 5.26 Å². The SMILES string of the molecule is [2H]C(Nc1cc(Cl)c2ncc(C#N)c(N[C@H]3CCOCC3(C)C)c2c1)(c1ccc(F)cc1)c1cn(C2CC2)nn1. The van der Waals surface area contributed by atoms with Gasteiger partial charge in [-0.2, -0.15) is 5.26 Å². The van der Waals surface area contributed by atoms with Gasteiger partial charge in [0.2, 0.25) is 0 Å². The average molecular weight is 547 g/mol. The standard InChI is InChI=1S/C29H29ClFN7O/c1-29(2)16-39-10-9-25(29)35-26-18(13-32)14-33-28-22(26)11-20(12-23(28)30)34-27(17-3-5-19(31)6-4-17)24-15-38(37-36-24)21-7-8-21/h3-6,11-12,14-15,21,25,27,34H,7-10,16H2,1-2H3,(H,33,35)/t25-,27?/m0/s1/i27D. The highest BCUT2D eigenvalue weighted by Gasteiger charge is 2.34. The molecule has 1 aliphatic carbocycles. The van der Waals surface area contributed by atoms with E-state index >= 15 is 0 Å². The first kappa shape index (κ1) is 24.3. The van der Waals surface area contributed by atoms with E-state index in [4.69, 9.17) is 16.3 Å². The van der Waals surface area contributed by atoms with Crippen molar-refractivity contribution in [3.05, 3.63) is 76.5 Å². The number of benzene rings is 2.